The Labute approximate surface area is 78.7 Å². The number of aliphatic hydroxyl groups excluding tert-OH is 1. The molecule has 66 valence electrons. The number of hydrogen-bond acceptors (Lipinski definition) is 1. The second-order valence-corrected chi connectivity index (χ2v) is 2.68. The van der Waals surface area contributed by atoms with Gasteiger partial charge in [-0.2, -0.15) is 0 Å². The van der Waals surface area contributed by atoms with E-state index in [1.165, 1.54) is 0 Å². The Morgan fingerprint density at radius 3 is 2.69 bits per heavy atom. The van der Waals surface area contributed by atoms with Gasteiger partial charge in [-0.3, -0.25) is 0 Å². The van der Waals surface area contributed by atoms with E-state index in [4.69, 9.17) is 0 Å². The van der Waals surface area contributed by atoms with E-state index in [2.05, 4.69) is 18.4 Å². The molecule has 0 bridgehead atoms. The second-order valence-electron chi connectivity index (χ2n) is 2.68. The van der Waals surface area contributed by atoms with Crippen molar-refractivity contribution in [3.63, 3.8) is 0 Å². The van der Waals surface area contributed by atoms with E-state index >= 15 is 0 Å². The minimum atomic E-state index is -0.599. The average molecular weight is 172 g/mol. The predicted octanol–water partition coefficient (Wildman–Crippen LogP) is 1.98. The first-order chi connectivity index (χ1) is 6.33. The van der Waals surface area contributed by atoms with E-state index in [0.717, 1.165) is 5.56 Å². The molecule has 0 spiro atoms. The second kappa shape index (κ2) is 5.18. The lowest BCUT2D eigenvalue weighted by atomic mass is 10.2. The lowest BCUT2D eigenvalue weighted by Gasteiger charge is -1.95. The van der Waals surface area contributed by atoms with E-state index in [1.54, 1.807) is 6.08 Å². The van der Waals surface area contributed by atoms with Gasteiger partial charge in [-0.25, -0.2) is 0 Å². The molecule has 0 aliphatic rings. The van der Waals surface area contributed by atoms with Crippen LogP contribution in [-0.4, -0.2) is 11.2 Å². The molecule has 0 amide bonds. The highest BCUT2D eigenvalue weighted by Crippen LogP contribution is 1.96. The van der Waals surface area contributed by atoms with Crippen molar-refractivity contribution in [3.05, 3.63) is 48.6 Å². The number of aliphatic hydroxyl groups is 1. The number of benzene rings is 1. The van der Waals surface area contributed by atoms with E-state index in [1.807, 2.05) is 30.3 Å². The largest absolute Gasteiger partial charge is 0.380 e. The molecule has 0 radical (unpaired) electrons. The highest BCUT2D eigenvalue weighted by Gasteiger charge is 1.92. The van der Waals surface area contributed by atoms with E-state index in [0.29, 0.717) is 6.42 Å². The summed E-state index contributed by atoms with van der Waals surface area (Å²) in [6, 6.07) is 9.60. The number of hydrogen-bond donors (Lipinski definition) is 1. The zero-order valence-electron chi connectivity index (χ0n) is 7.40. The van der Waals surface area contributed by atoms with Gasteiger partial charge in [0.25, 0.3) is 0 Å². The summed E-state index contributed by atoms with van der Waals surface area (Å²) in [5, 5.41) is 9.27. The molecule has 0 saturated heterocycles. The molecule has 1 atom stereocenters. The van der Waals surface area contributed by atoms with Crippen LogP contribution in [0.2, 0.25) is 0 Å². The van der Waals surface area contributed by atoms with E-state index in [-0.39, 0.29) is 0 Å². The third-order valence-electron chi connectivity index (χ3n) is 1.55. The van der Waals surface area contributed by atoms with Crippen LogP contribution in [0.4, 0.5) is 0 Å². The van der Waals surface area contributed by atoms with Crippen LogP contribution >= 0.6 is 0 Å². The molecule has 1 rings (SSSR count). The van der Waals surface area contributed by atoms with Crippen molar-refractivity contribution >= 4 is 0 Å². The normalized spacial score (nSPS) is 11.2. The standard InChI is InChI=1S/C12H12O/c1-2-6-12(13)10-9-11-7-4-3-5-8-11/h2-5,7-8,12-13H,1,6H2. The summed E-state index contributed by atoms with van der Waals surface area (Å²) < 4.78 is 0. The van der Waals surface area contributed by atoms with Gasteiger partial charge in [-0.15, -0.1) is 6.58 Å². The Balaban J connectivity index is 2.62. The summed E-state index contributed by atoms with van der Waals surface area (Å²) in [6.07, 6.45) is 1.57. The first-order valence-corrected chi connectivity index (χ1v) is 4.18. The zero-order valence-corrected chi connectivity index (χ0v) is 7.40. The predicted molar refractivity (Wildman–Crippen MR) is 54.1 cm³/mol. The fourth-order valence-electron chi connectivity index (χ4n) is 0.905. The van der Waals surface area contributed by atoms with Crippen LogP contribution in [0.25, 0.3) is 0 Å². The molecule has 0 fully saturated rings. The van der Waals surface area contributed by atoms with Crippen LogP contribution in [0, 0.1) is 11.8 Å². The maximum Gasteiger partial charge on any atom is 0.118 e. The SMILES string of the molecule is C=CCC(O)C#Cc1ccccc1. The van der Waals surface area contributed by atoms with Crippen LogP contribution in [0.1, 0.15) is 12.0 Å². The molecule has 0 aliphatic carbocycles. The minimum absolute atomic E-state index is 0.514. The topological polar surface area (TPSA) is 20.2 Å². The summed E-state index contributed by atoms with van der Waals surface area (Å²) in [4.78, 5) is 0. The van der Waals surface area contributed by atoms with Gasteiger partial charge in [-0.1, -0.05) is 36.1 Å². The third-order valence-corrected chi connectivity index (χ3v) is 1.55. The molecule has 0 saturated carbocycles. The Morgan fingerprint density at radius 2 is 2.08 bits per heavy atom. The van der Waals surface area contributed by atoms with Gasteiger partial charge in [0.05, 0.1) is 0 Å². The van der Waals surface area contributed by atoms with Gasteiger partial charge in [0.15, 0.2) is 0 Å². The summed E-state index contributed by atoms with van der Waals surface area (Å²) >= 11 is 0. The lowest BCUT2D eigenvalue weighted by molar-refractivity contribution is 0.236. The zero-order chi connectivity index (χ0) is 9.52. The summed E-state index contributed by atoms with van der Waals surface area (Å²) in [5.41, 5.74) is 0.922. The Hall–Kier alpha value is -1.52. The number of rotatable bonds is 2. The fraction of sp³-hybridized carbons (Fsp3) is 0.167. The molecule has 1 nitrogen and oxygen atoms in total. The minimum Gasteiger partial charge on any atom is -0.380 e. The molecule has 0 aromatic heterocycles. The van der Waals surface area contributed by atoms with Crippen molar-refractivity contribution in [2.45, 2.75) is 12.5 Å². The quantitative estimate of drug-likeness (QED) is 0.534. The van der Waals surface area contributed by atoms with Crippen LogP contribution in [0.15, 0.2) is 43.0 Å². The van der Waals surface area contributed by atoms with Gasteiger partial charge in [0.1, 0.15) is 6.10 Å². The van der Waals surface area contributed by atoms with Crippen molar-refractivity contribution < 1.29 is 5.11 Å². The molecular formula is C12H12O. The molecule has 13 heavy (non-hydrogen) atoms. The van der Waals surface area contributed by atoms with E-state index in [9.17, 15) is 5.11 Å². The monoisotopic (exact) mass is 172 g/mol. The van der Waals surface area contributed by atoms with Crippen molar-refractivity contribution in [2.75, 3.05) is 0 Å². The molecule has 0 aliphatic heterocycles. The van der Waals surface area contributed by atoms with Crippen LogP contribution < -0.4 is 0 Å². The lowest BCUT2D eigenvalue weighted by Crippen LogP contribution is -1.99. The molecule has 1 aromatic carbocycles. The smallest absolute Gasteiger partial charge is 0.118 e. The van der Waals surface area contributed by atoms with Crippen molar-refractivity contribution in [1.29, 1.82) is 0 Å². The van der Waals surface area contributed by atoms with Gasteiger partial charge in [-0.05, 0) is 12.1 Å². The van der Waals surface area contributed by atoms with Crippen molar-refractivity contribution in [3.8, 4) is 11.8 Å². The van der Waals surface area contributed by atoms with Crippen LogP contribution in [-0.2, 0) is 0 Å². The molecule has 1 N–H and O–H groups in total. The summed E-state index contributed by atoms with van der Waals surface area (Å²) in [5.74, 6) is 5.62. The Kier molecular flexibility index (Phi) is 3.81. The van der Waals surface area contributed by atoms with Gasteiger partial charge < -0.3 is 5.11 Å². The summed E-state index contributed by atoms with van der Waals surface area (Å²) in [6.45, 7) is 3.53. The van der Waals surface area contributed by atoms with Crippen LogP contribution in [0.3, 0.4) is 0 Å². The molecule has 1 aromatic rings. The fourth-order valence-corrected chi connectivity index (χ4v) is 0.905. The first-order valence-electron chi connectivity index (χ1n) is 4.18. The molecule has 0 heterocycles. The summed E-state index contributed by atoms with van der Waals surface area (Å²) in [7, 11) is 0. The van der Waals surface area contributed by atoms with Crippen molar-refractivity contribution in [2.24, 2.45) is 0 Å². The average Bonchev–Trinajstić information content (AvgIpc) is 2.17. The third kappa shape index (κ3) is 3.59. The Morgan fingerprint density at radius 1 is 1.38 bits per heavy atom. The Bertz CT molecular complexity index is 316. The molecular weight excluding hydrogens is 160 g/mol. The first kappa shape index (κ1) is 9.57. The maximum absolute atomic E-state index is 9.27. The molecule has 1 heteroatoms. The highest BCUT2D eigenvalue weighted by atomic mass is 16.3. The highest BCUT2D eigenvalue weighted by molar-refractivity contribution is 5.34. The van der Waals surface area contributed by atoms with Crippen molar-refractivity contribution in [1.82, 2.24) is 0 Å². The van der Waals surface area contributed by atoms with Crippen LogP contribution in [0.5, 0.6) is 0 Å². The van der Waals surface area contributed by atoms with Gasteiger partial charge in [0, 0.05) is 12.0 Å². The van der Waals surface area contributed by atoms with Gasteiger partial charge in [0.2, 0.25) is 0 Å². The van der Waals surface area contributed by atoms with E-state index < -0.39 is 6.10 Å². The van der Waals surface area contributed by atoms with Gasteiger partial charge >= 0.3 is 0 Å². The maximum atomic E-state index is 9.27. The molecule has 1 unspecified atom stereocenters.